The van der Waals surface area contributed by atoms with E-state index in [9.17, 15) is 4.39 Å². The SMILES string of the molecule is CCNC(=NCc1ncccc1F)NCCc1ccc(OC)cc1Cl. The smallest absolute Gasteiger partial charge is 0.191 e. The summed E-state index contributed by atoms with van der Waals surface area (Å²) in [6, 6.07) is 8.55. The van der Waals surface area contributed by atoms with Crippen LogP contribution in [0.25, 0.3) is 0 Å². The van der Waals surface area contributed by atoms with Crippen LogP contribution >= 0.6 is 11.6 Å². The molecule has 2 aromatic rings. The third kappa shape index (κ3) is 5.90. The molecule has 0 bridgehead atoms. The van der Waals surface area contributed by atoms with Gasteiger partial charge in [-0.1, -0.05) is 17.7 Å². The fourth-order valence-electron chi connectivity index (χ4n) is 2.20. The first-order chi connectivity index (χ1) is 12.1. The van der Waals surface area contributed by atoms with Gasteiger partial charge in [0, 0.05) is 24.3 Å². The van der Waals surface area contributed by atoms with Crippen molar-refractivity contribution in [3.05, 3.63) is 58.6 Å². The van der Waals surface area contributed by atoms with Crippen LogP contribution in [0.5, 0.6) is 5.75 Å². The zero-order chi connectivity index (χ0) is 18.1. The van der Waals surface area contributed by atoms with E-state index in [2.05, 4.69) is 20.6 Å². The highest BCUT2D eigenvalue weighted by molar-refractivity contribution is 6.31. The molecule has 0 aliphatic carbocycles. The van der Waals surface area contributed by atoms with Gasteiger partial charge in [-0.25, -0.2) is 9.38 Å². The van der Waals surface area contributed by atoms with Crippen LogP contribution in [-0.4, -0.2) is 31.1 Å². The Morgan fingerprint density at radius 1 is 1.32 bits per heavy atom. The van der Waals surface area contributed by atoms with Crippen molar-refractivity contribution in [2.45, 2.75) is 19.9 Å². The minimum absolute atomic E-state index is 0.172. The van der Waals surface area contributed by atoms with Gasteiger partial charge in [-0.15, -0.1) is 0 Å². The summed E-state index contributed by atoms with van der Waals surface area (Å²) >= 11 is 6.24. The summed E-state index contributed by atoms with van der Waals surface area (Å²) in [7, 11) is 1.61. The van der Waals surface area contributed by atoms with Crippen LogP contribution < -0.4 is 15.4 Å². The second kappa shape index (κ2) is 9.84. The molecule has 0 saturated carbocycles. The minimum Gasteiger partial charge on any atom is -0.497 e. The molecule has 1 aromatic carbocycles. The van der Waals surface area contributed by atoms with E-state index in [1.54, 1.807) is 25.4 Å². The van der Waals surface area contributed by atoms with Gasteiger partial charge in [0.1, 0.15) is 11.6 Å². The van der Waals surface area contributed by atoms with E-state index < -0.39 is 0 Å². The number of halogens is 2. The van der Waals surface area contributed by atoms with Crippen LogP contribution in [0, 0.1) is 5.82 Å². The molecule has 0 fully saturated rings. The monoisotopic (exact) mass is 364 g/mol. The molecule has 0 saturated heterocycles. The molecule has 1 aromatic heterocycles. The minimum atomic E-state index is -0.355. The van der Waals surface area contributed by atoms with Crippen LogP contribution in [0.1, 0.15) is 18.2 Å². The molecule has 0 atom stereocenters. The first-order valence-electron chi connectivity index (χ1n) is 8.08. The molecule has 0 radical (unpaired) electrons. The number of nitrogens with zero attached hydrogens (tertiary/aromatic N) is 2. The van der Waals surface area contributed by atoms with Gasteiger partial charge in [0.05, 0.1) is 19.3 Å². The number of rotatable bonds is 7. The molecule has 0 spiro atoms. The van der Waals surface area contributed by atoms with Crippen LogP contribution in [0.2, 0.25) is 5.02 Å². The van der Waals surface area contributed by atoms with Crippen LogP contribution in [0.15, 0.2) is 41.5 Å². The van der Waals surface area contributed by atoms with Crippen molar-refractivity contribution >= 4 is 17.6 Å². The van der Waals surface area contributed by atoms with Crippen molar-refractivity contribution in [3.63, 3.8) is 0 Å². The first kappa shape index (κ1) is 19.0. The number of hydrogen-bond acceptors (Lipinski definition) is 3. The number of methoxy groups -OCH3 is 1. The zero-order valence-electron chi connectivity index (χ0n) is 14.4. The molecule has 134 valence electrons. The predicted molar refractivity (Wildman–Crippen MR) is 98.7 cm³/mol. The number of aromatic nitrogens is 1. The van der Waals surface area contributed by atoms with Gasteiger partial charge in [0.15, 0.2) is 5.96 Å². The van der Waals surface area contributed by atoms with Gasteiger partial charge < -0.3 is 15.4 Å². The highest BCUT2D eigenvalue weighted by Crippen LogP contribution is 2.22. The van der Waals surface area contributed by atoms with Crippen molar-refractivity contribution in [2.24, 2.45) is 4.99 Å². The van der Waals surface area contributed by atoms with Gasteiger partial charge in [-0.3, -0.25) is 4.98 Å². The topological polar surface area (TPSA) is 58.5 Å². The molecule has 2 rings (SSSR count). The number of ether oxygens (including phenoxy) is 1. The predicted octanol–water partition coefficient (Wildman–Crippen LogP) is 3.18. The largest absolute Gasteiger partial charge is 0.497 e. The summed E-state index contributed by atoms with van der Waals surface area (Å²) in [5.41, 5.74) is 1.33. The highest BCUT2D eigenvalue weighted by atomic mass is 35.5. The molecule has 7 heteroatoms. The van der Waals surface area contributed by atoms with Crippen molar-refractivity contribution in [1.29, 1.82) is 0 Å². The number of pyridine rings is 1. The Bertz CT molecular complexity index is 724. The van der Waals surface area contributed by atoms with E-state index in [1.165, 1.54) is 6.07 Å². The van der Waals surface area contributed by atoms with Gasteiger partial charge >= 0.3 is 0 Å². The third-order valence-electron chi connectivity index (χ3n) is 3.51. The van der Waals surface area contributed by atoms with Gasteiger partial charge in [0.2, 0.25) is 0 Å². The molecular formula is C18H22ClFN4O. The maximum Gasteiger partial charge on any atom is 0.191 e. The quantitative estimate of drug-likeness (QED) is 0.585. The van der Waals surface area contributed by atoms with E-state index in [1.807, 2.05) is 19.1 Å². The number of guanidine groups is 1. The average Bonchev–Trinajstić information content (AvgIpc) is 2.62. The summed E-state index contributed by atoms with van der Waals surface area (Å²) in [5, 5.41) is 7.01. The molecule has 5 nitrogen and oxygen atoms in total. The maximum absolute atomic E-state index is 13.6. The molecule has 0 amide bonds. The molecule has 1 heterocycles. The second-order valence-electron chi connectivity index (χ2n) is 5.26. The molecule has 0 aliphatic rings. The fraction of sp³-hybridized carbons (Fsp3) is 0.333. The molecule has 25 heavy (non-hydrogen) atoms. The highest BCUT2D eigenvalue weighted by Gasteiger charge is 2.05. The fourth-order valence-corrected chi connectivity index (χ4v) is 2.47. The lowest BCUT2D eigenvalue weighted by Gasteiger charge is -2.12. The summed E-state index contributed by atoms with van der Waals surface area (Å²) in [6.45, 7) is 3.49. The van der Waals surface area contributed by atoms with Crippen LogP contribution in [-0.2, 0) is 13.0 Å². The van der Waals surface area contributed by atoms with Gasteiger partial charge in [-0.2, -0.15) is 0 Å². The lowest BCUT2D eigenvalue weighted by atomic mass is 10.1. The van der Waals surface area contributed by atoms with Gasteiger partial charge in [-0.05, 0) is 43.2 Å². The van der Waals surface area contributed by atoms with Crippen molar-refractivity contribution in [3.8, 4) is 5.75 Å². The molecule has 0 unspecified atom stereocenters. The Kier molecular flexibility index (Phi) is 7.47. The van der Waals surface area contributed by atoms with E-state index in [0.29, 0.717) is 29.8 Å². The van der Waals surface area contributed by atoms with Crippen LogP contribution in [0.4, 0.5) is 4.39 Å². The summed E-state index contributed by atoms with van der Waals surface area (Å²) in [6.07, 6.45) is 2.28. The Morgan fingerprint density at radius 3 is 2.84 bits per heavy atom. The molecule has 2 N–H and O–H groups in total. The van der Waals surface area contributed by atoms with Crippen molar-refractivity contribution in [1.82, 2.24) is 15.6 Å². The van der Waals surface area contributed by atoms with E-state index in [-0.39, 0.29) is 12.4 Å². The van der Waals surface area contributed by atoms with E-state index in [4.69, 9.17) is 16.3 Å². The maximum atomic E-state index is 13.6. The molecular weight excluding hydrogens is 343 g/mol. The van der Waals surface area contributed by atoms with Crippen LogP contribution in [0.3, 0.4) is 0 Å². The Morgan fingerprint density at radius 2 is 2.16 bits per heavy atom. The Balaban J connectivity index is 1.93. The zero-order valence-corrected chi connectivity index (χ0v) is 15.1. The van der Waals surface area contributed by atoms with E-state index in [0.717, 1.165) is 17.7 Å². The van der Waals surface area contributed by atoms with Crippen molar-refractivity contribution < 1.29 is 9.13 Å². The Hall–Kier alpha value is -2.34. The van der Waals surface area contributed by atoms with Crippen molar-refractivity contribution in [2.75, 3.05) is 20.2 Å². The summed E-state index contributed by atoms with van der Waals surface area (Å²) in [5.74, 6) is 0.985. The number of nitrogens with one attached hydrogen (secondary N) is 2. The number of benzene rings is 1. The van der Waals surface area contributed by atoms with E-state index >= 15 is 0 Å². The molecule has 0 aliphatic heterocycles. The number of hydrogen-bond donors (Lipinski definition) is 2. The lowest BCUT2D eigenvalue weighted by molar-refractivity contribution is 0.414. The third-order valence-corrected chi connectivity index (χ3v) is 3.86. The Labute approximate surface area is 152 Å². The first-order valence-corrected chi connectivity index (χ1v) is 8.45. The summed E-state index contributed by atoms with van der Waals surface area (Å²) in [4.78, 5) is 8.36. The summed E-state index contributed by atoms with van der Waals surface area (Å²) < 4.78 is 18.8. The second-order valence-corrected chi connectivity index (χ2v) is 5.67. The normalized spacial score (nSPS) is 11.3. The standard InChI is InChI=1S/C18H22ClFN4O/c1-3-21-18(24-12-17-16(20)5-4-9-22-17)23-10-8-13-6-7-14(25-2)11-15(13)19/h4-7,9,11H,3,8,10,12H2,1-2H3,(H2,21,23,24). The number of aliphatic imine (C=N–C) groups is 1. The van der Waals surface area contributed by atoms with Gasteiger partial charge in [0.25, 0.3) is 0 Å². The average molecular weight is 365 g/mol. The lowest BCUT2D eigenvalue weighted by Crippen LogP contribution is -2.38.